The predicted octanol–water partition coefficient (Wildman–Crippen LogP) is 2.58. The number of sulfone groups is 1. The number of methoxy groups -OCH3 is 1. The van der Waals surface area contributed by atoms with E-state index in [-0.39, 0.29) is 29.4 Å². The topological polar surface area (TPSA) is 70.2 Å². The Morgan fingerprint density at radius 3 is 2.26 bits per heavy atom. The molecular weight excluding hydrogens is 414 g/mol. The lowest BCUT2D eigenvalue weighted by Gasteiger charge is -2.51. The van der Waals surface area contributed by atoms with E-state index in [2.05, 4.69) is 43.3 Å². The maximum atomic E-state index is 13.3. The third-order valence-corrected chi connectivity index (χ3v) is 8.12. The molecule has 0 unspecified atom stereocenters. The molecule has 2 aliphatic rings. The van der Waals surface area contributed by atoms with E-state index in [0.29, 0.717) is 19.7 Å². The molecule has 1 aromatic rings. The zero-order valence-electron chi connectivity index (χ0n) is 19.3. The molecule has 1 aliphatic heterocycles. The lowest BCUT2D eigenvalue weighted by Crippen LogP contribution is -2.55. The first-order chi connectivity index (χ1) is 14.6. The number of rotatable bonds is 9. The fraction of sp³-hybridized carbons (Fsp3) is 0.696. The van der Waals surface area contributed by atoms with Crippen LogP contribution >= 0.6 is 0 Å². The van der Waals surface area contributed by atoms with Crippen LogP contribution in [0.2, 0.25) is 0 Å². The van der Waals surface area contributed by atoms with Crippen LogP contribution in [0.5, 0.6) is 0 Å². The summed E-state index contributed by atoms with van der Waals surface area (Å²) in [5, 5.41) is 0. The highest BCUT2D eigenvalue weighted by Gasteiger charge is 2.54. The monoisotopic (exact) mass is 451 g/mol. The SMILES string of the molecule is COCCCN1C(=O)N(CCS(C)(=O)=O)CC12CCC(c1ccccc1)(N(C)C)CC2. The number of ether oxygens (including phenoxy) is 1. The highest BCUT2D eigenvalue weighted by molar-refractivity contribution is 7.90. The minimum Gasteiger partial charge on any atom is -0.385 e. The Hall–Kier alpha value is -1.64. The number of carbonyl (C=O) groups is 1. The van der Waals surface area contributed by atoms with Gasteiger partial charge in [-0.15, -0.1) is 0 Å². The highest BCUT2D eigenvalue weighted by atomic mass is 32.2. The van der Waals surface area contributed by atoms with Gasteiger partial charge in [-0.25, -0.2) is 13.2 Å². The average Bonchev–Trinajstić information content (AvgIpc) is 2.99. The summed E-state index contributed by atoms with van der Waals surface area (Å²) >= 11 is 0. The van der Waals surface area contributed by atoms with E-state index in [1.165, 1.54) is 11.8 Å². The van der Waals surface area contributed by atoms with E-state index >= 15 is 0 Å². The van der Waals surface area contributed by atoms with Gasteiger partial charge >= 0.3 is 6.03 Å². The van der Waals surface area contributed by atoms with Gasteiger partial charge in [0.25, 0.3) is 0 Å². The van der Waals surface area contributed by atoms with Crippen molar-refractivity contribution in [1.29, 1.82) is 0 Å². The van der Waals surface area contributed by atoms with E-state index in [0.717, 1.165) is 32.1 Å². The number of urea groups is 1. The molecule has 1 spiro atoms. The molecule has 1 saturated carbocycles. The molecule has 3 rings (SSSR count). The molecule has 0 radical (unpaired) electrons. The lowest BCUT2D eigenvalue weighted by molar-refractivity contribution is 0.0225. The normalized spacial score (nSPS) is 26.9. The van der Waals surface area contributed by atoms with Gasteiger partial charge in [-0.1, -0.05) is 30.3 Å². The number of hydrogen-bond acceptors (Lipinski definition) is 5. The Kier molecular flexibility index (Phi) is 7.33. The predicted molar refractivity (Wildman–Crippen MR) is 123 cm³/mol. The second kappa shape index (κ2) is 9.46. The van der Waals surface area contributed by atoms with E-state index in [1.807, 2.05) is 11.0 Å². The van der Waals surface area contributed by atoms with Gasteiger partial charge in [0.2, 0.25) is 0 Å². The van der Waals surface area contributed by atoms with Gasteiger partial charge in [0.05, 0.1) is 11.3 Å². The van der Waals surface area contributed by atoms with Crippen molar-refractivity contribution < 1.29 is 17.9 Å². The number of hydrogen-bond donors (Lipinski definition) is 0. The summed E-state index contributed by atoms with van der Waals surface area (Å²) in [5.74, 6) is 0.00633. The molecular formula is C23H37N3O4S. The second-order valence-electron chi connectivity index (χ2n) is 9.35. The Balaban J connectivity index is 1.83. The zero-order valence-corrected chi connectivity index (χ0v) is 20.2. The van der Waals surface area contributed by atoms with Gasteiger partial charge < -0.3 is 14.5 Å². The standard InChI is InChI=1S/C23H37N3O4S/c1-24(2)23(20-9-6-5-7-10-20)13-11-22(12-14-23)19-25(16-18-31(4,28)29)21(27)26(22)15-8-17-30-3/h5-7,9-10H,8,11-19H2,1-4H3. The summed E-state index contributed by atoms with van der Waals surface area (Å²) in [6.45, 7) is 2.11. The third-order valence-electron chi connectivity index (χ3n) is 7.20. The molecule has 2 amide bonds. The summed E-state index contributed by atoms with van der Waals surface area (Å²) in [4.78, 5) is 19.3. The molecule has 1 aliphatic carbocycles. The quantitative estimate of drug-likeness (QED) is 0.540. The van der Waals surface area contributed by atoms with E-state index in [9.17, 15) is 13.2 Å². The molecule has 0 N–H and O–H groups in total. The van der Waals surface area contributed by atoms with E-state index in [1.54, 1.807) is 12.0 Å². The maximum Gasteiger partial charge on any atom is 0.320 e. The number of nitrogens with zero attached hydrogens (tertiary/aromatic N) is 3. The van der Waals surface area contributed by atoms with Crippen molar-refractivity contribution in [1.82, 2.24) is 14.7 Å². The Morgan fingerprint density at radius 1 is 1.06 bits per heavy atom. The summed E-state index contributed by atoms with van der Waals surface area (Å²) in [7, 11) is 2.83. The highest BCUT2D eigenvalue weighted by Crippen LogP contribution is 2.48. The van der Waals surface area contributed by atoms with E-state index in [4.69, 9.17) is 4.74 Å². The van der Waals surface area contributed by atoms with Crippen LogP contribution in [0.25, 0.3) is 0 Å². The molecule has 0 atom stereocenters. The van der Waals surface area contributed by atoms with E-state index < -0.39 is 9.84 Å². The van der Waals surface area contributed by atoms with Crippen molar-refractivity contribution in [2.24, 2.45) is 0 Å². The maximum absolute atomic E-state index is 13.3. The van der Waals surface area contributed by atoms with Gasteiger partial charge in [0.15, 0.2) is 0 Å². The molecule has 1 saturated heterocycles. The third kappa shape index (κ3) is 5.07. The minimum atomic E-state index is -3.12. The fourth-order valence-electron chi connectivity index (χ4n) is 5.33. The molecule has 1 aromatic carbocycles. The molecule has 7 nitrogen and oxygen atoms in total. The molecule has 1 heterocycles. The van der Waals surface area contributed by atoms with Crippen molar-refractivity contribution in [3.05, 3.63) is 35.9 Å². The number of benzene rings is 1. The molecule has 0 bridgehead atoms. The van der Waals surface area contributed by atoms with Crippen LogP contribution in [0.15, 0.2) is 30.3 Å². The first-order valence-electron chi connectivity index (χ1n) is 11.1. The largest absolute Gasteiger partial charge is 0.385 e. The van der Waals surface area contributed by atoms with Crippen LogP contribution in [0.3, 0.4) is 0 Å². The molecule has 174 valence electrons. The van der Waals surface area contributed by atoms with Crippen molar-refractivity contribution in [2.45, 2.75) is 43.2 Å². The summed E-state index contributed by atoms with van der Waals surface area (Å²) < 4.78 is 28.6. The van der Waals surface area contributed by atoms with Crippen LogP contribution in [-0.4, -0.2) is 94.1 Å². The number of amides is 2. The molecule has 8 heteroatoms. The Labute approximate surface area is 187 Å². The Bertz CT molecular complexity index is 849. The number of carbonyl (C=O) groups excluding carboxylic acids is 1. The fourth-order valence-corrected chi connectivity index (χ4v) is 5.88. The molecule has 2 fully saturated rings. The summed E-state index contributed by atoms with van der Waals surface area (Å²) in [6, 6.07) is 10.6. The van der Waals surface area contributed by atoms with Crippen LogP contribution in [0.4, 0.5) is 4.79 Å². The van der Waals surface area contributed by atoms with Crippen LogP contribution in [0.1, 0.15) is 37.7 Å². The first-order valence-corrected chi connectivity index (χ1v) is 13.2. The van der Waals surface area contributed by atoms with Crippen molar-refractivity contribution >= 4 is 15.9 Å². The van der Waals surface area contributed by atoms with Gasteiger partial charge in [0.1, 0.15) is 9.84 Å². The van der Waals surface area contributed by atoms with Crippen LogP contribution < -0.4 is 0 Å². The second-order valence-corrected chi connectivity index (χ2v) is 11.6. The molecule has 31 heavy (non-hydrogen) atoms. The van der Waals surface area contributed by atoms with Crippen LogP contribution in [0, 0.1) is 0 Å². The van der Waals surface area contributed by atoms with Crippen molar-refractivity contribution in [3.8, 4) is 0 Å². The average molecular weight is 452 g/mol. The first kappa shape index (κ1) is 24.0. The van der Waals surface area contributed by atoms with Gasteiger partial charge in [-0.2, -0.15) is 0 Å². The van der Waals surface area contributed by atoms with Crippen molar-refractivity contribution in [3.63, 3.8) is 0 Å². The molecule has 0 aromatic heterocycles. The summed E-state index contributed by atoms with van der Waals surface area (Å²) in [5.41, 5.74) is 1.03. The zero-order chi connectivity index (χ0) is 22.7. The van der Waals surface area contributed by atoms with Gasteiger partial charge in [-0.05, 0) is 51.8 Å². The minimum absolute atomic E-state index is 0.00633. The van der Waals surface area contributed by atoms with Gasteiger partial charge in [-0.3, -0.25) is 4.90 Å². The van der Waals surface area contributed by atoms with Gasteiger partial charge in [0, 0.05) is 45.1 Å². The smallest absolute Gasteiger partial charge is 0.320 e. The van der Waals surface area contributed by atoms with Crippen molar-refractivity contribution in [2.75, 3.05) is 59.5 Å². The Morgan fingerprint density at radius 2 is 1.71 bits per heavy atom. The lowest BCUT2D eigenvalue weighted by atomic mass is 9.68. The summed E-state index contributed by atoms with van der Waals surface area (Å²) in [6.07, 6.45) is 5.71. The van der Waals surface area contributed by atoms with Crippen LogP contribution in [-0.2, 0) is 20.1 Å².